The van der Waals surface area contributed by atoms with Gasteiger partial charge in [-0.3, -0.25) is 9.80 Å². The SMILES string of the molecule is C[S+]([O-])N1CCN(Cc2c(O)c(O)cc3c2C2(CC3(C)C)CC(C)(C)c3cc(O)c(O)c(CN4CCN(S(C)(=O)=O)CC4)c32)CC1. The molecule has 0 aromatic heterocycles. The van der Waals surface area contributed by atoms with Crippen molar-refractivity contribution in [2.45, 2.75) is 69.9 Å². The molecule has 4 aliphatic rings. The fourth-order valence-corrected chi connectivity index (χ4v) is 10.4. The van der Waals surface area contributed by atoms with Gasteiger partial charge in [0.05, 0.1) is 19.3 Å². The number of hydrogen-bond donors (Lipinski definition) is 4. The zero-order chi connectivity index (χ0) is 33.6. The topological polar surface area (TPSA) is 151 Å². The van der Waals surface area contributed by atoms with E-state index >= 15 is 0 Å². The number of piperazine rings is 2. The third-order valence-corrected chi connectivity index (χ3v) is 13.3. The first-order valence-corrected chi connectivity index (χ1v) is 19.4. The first-order valence-electron chi connectivity index (χ1n) is 16.0. The highest BCUT2D eigenvalue weighted by Crippen LogP contribution is 2.67. The van der Waals surface area contributed by atoms with E-state index in [2.05, 4.69) is 37.5 Å². The Labute approximate surface area is 275 Å². The van der Waals surface area contributed by atoms with E-state index in [4.69, 9.17) is 0 Å². The molecule has 2 fully saturated rings. The lowest BCUT2D eigenvalue weighted by molar-refractivity contribution is 0.178. The predicted octanol–water partition coefficient (Wildman–Crippen LogP) is 2.65. The Hall–Kier alpha value is -2.26. The van der Waals surface area contributed by atoms with Crippen LogP contribution in [-0.2, 0) is 50.7 Å². The number of benzene rings is 2. The zero-order valence-electron chi connectivity index (χ0n) is 27.8. The third kappa shape index (κ3) is 5.55. The van der Waals surface area contributed by atoms with E-state index in [1.165, 1.54) is 10.6 Å². The molecule has 6 rings (SSSR count). The minimum atomic E-state index is -3.31. The maximum atomic E-state index is 12.2. The third-order valence-electron chi connectivity index (χ3n) is 10.9. The Bertz CT molecular complexity index is 1640. The summed E-state index contributed by atoms with van der Waals surface area (Å²) in [4.78, 5) is 4.36. The Kier molecular flexibility index (Phi) is 8.35. The number of phenolic OH excluding ortho intramolecular Hbond substituents is 4. The lowest BCUT2D eigenvalue weighted by atomic mass is 9.70. The number of nitrogens with zero attached hydrogens (tertiary/aromatic N) is 4. The molecular weight excluding hydrogens is 629 g/mol. The molecule has 13 heteroatoms. The molecule has 2 aromatic rings. The summed E-state index contributed by atoms with van der Waals surface area (Å²) in [6.07, 6.45) is 4.27. The summed E-state index contributed by atoms with van der Waals surface area (Å²) < 4.78 is 39.8. The van der Waals surface area contributed by atoms with Crippen LogP contribution in [0.3, 0.4) is 0 Å². The van der Waals surface area contributed by atoms with Gasteiger partial charge < -0.3 is 25.0 Å². The molecule has 0 radical (unpaired) electrons. The molecule has 1 spiro atoms. The van der Waals surface area contributed by atoms with E-state index in [1.807, 2.05) is 4.31 Å². The molecule has 0 amide bonds. The van der Waals surface area contributed by atoms with Crippen molar-refractivity contribution >= 4 is 21.4 Å². The van der Waals surface area contributed by atoms with Crippen molar-refractivity contribution in [2.24, 2.45) is 0 Å². The Morgan fingerprint density at radius 2 is 1.13 bits per heavy atom. The molecule has 4 N–H and O–H groups in total. The van der Waals surface area contributed by atoms with Crippen LogP contribution in [0.5, 0.6) is 23.0 Å². The second-order valence-corrected chi connectivity index (χ2v) is 18.4. The van der Waals surface area contributed by atoms with Gasteiger partial charge in [0.15, 0.2) is 23.0 Å². The summed E-state index contributed by atoms with van der Waals surface area (Å²) in [6.45, 7) is 13.7. The Balaban J connectivity index is 1.49. The van der Waals surface area contributed by atoms with E-state index in [9.17, 15) is 33.4 Å². The van der Waals surface area contributed by atoms with Crippen LogP contribution in [0, 0.1) is 0 Å². The molecule has 2 aromatic carbocycles. The number of hydrogen-bond acceptors (Lipinski definition) is 10. The first-order chi connectivity index (χ1) is 21.4. The number of fused-ring (bicyclic) bond motifs is 4. The molecule has 2 atom stereocenters. The first kappa shape index (κ1) is 33.6. The summed E-state index contributed by atoms with van der Waals surface area (Å²) >= 11 is -1.05. The van der Waals surface area contributed by atoms with E-state index in [1.54, 1.807) is 18.4 Å². The highest BCUT2D eigenvalue weighted by Gasteiger charge is 2.59. The van der Waals surface area contributed by atoms with Crippen LogP contribution in [0.1, 0.15) is 73.9 Å². The molecule has 2 saturated heterocycles. The molecular formula is C33H48N4O7S2. The number of sulfonamides is 1. The predicted molar refractivity (Wildman–Crippen MR) is 178 cm³/mol. The lowest BCUT2D eigenvalue weighted by Gasteiger charge is -2.37. The Morgan fingerprint density at radius 1 is 0.739 bits per heavy atom. The second kappa shape index (κ2) is 11.4. The van der Waals surface area contributed by atoms with Crippen LogP contribution < -0.4 is 0 Å². The van der Waals surface area contributed by atoms with Gasteiger partial charge in [-0.1, -0.05) is 27.7 Å². The molecule has 0 saturated carbocycles. The fraction of sp³-hybridized carbons (Fsp3) is 0.636. The Morgan fingerprint density at radius 3 is 1.50 bits per heavy atom. The lowest BCUT2D eigenvalue weighted by Crippen LogP contribution is -2.48. The van der Waals surface area contributed by atoms with Gasteiger partial charge in [0.2, 0.25) is 10.0 Å². The van der Waals surface area contributed by atoms with Gasteiger partial charge in [-0.25, -0.2) is 8.42 Å². The van der Waals surface area contributed by atoms with Crippen LogP contribution in [0.4, 0.5) is 0 Å². The summed E-state index contributed by atoms with van der Waals surface area (Å²) in [5.74, 6) is -0.626. The zero-order valence-corrected chi connectivity index (χ0v) is 29.4. The van der Waals surface area contributed by atoms with Gasteiger partial charge in [0.1, 0.15) is 6.26 Å². The maximum absolute atomic E-state index is 12.2. The van der Waals surface area contributed by atoms with Gasteiger partial charge in [0.25, 0.3) is 0 Å². The highest BCUT2D eigenvalue weighted by molar-refractivity contribution is 7.88. The van der Waals surface area contributed by atoms with Gasteiger partial charge >= 0.3 is 0 Å². The molecule has 254 valence electrons. The summed E-state index contributed by atoms with van der Waals surface area (Å²) in [5, 5.41) is 45.2. The smallest absolute Gasteiger partial charge is 0.211 e. The van der Waals surface area contributed by atoms with Crippen molar-refractivity contribution in [3.63, 3.8) is 0 Å². The molecule has 0 bridgehead atoms. The van der Waals surface area contributed by atoms with Crippen molar-refractivity contribution in [1.82, 2.24) is 18.4 Å². The van der Waals surface area contributed by atoms with Gasteiger partial charge in [-0.15, -0.1) is 4.31 Å². The fourth-order valence-electron chi connectivity index (χ4n) is 8.95. The average Bonchev–Trinajstić information content (AvgIpc) is 3.32. The monoisotopic (exact) mass is 676 g/mol. The van der Waals surface area contributed by atoms with Crippen molar-refractivity contribution in [2.75, 3.05) is 64.9 Å². The van der Waals surface area contributed by atoms with Crippen LogP contribution in [0.25, 0.3) is 0 Å². The summed E-state index contributed by atoms with van der Waals surface area (Å²) in [5.41, 5.74) is 3.78. The molecule has 2 aliphatic heterocycles. The number of rotatable bonds is 6. The maximum Gasteiger partial charge on any atom is 0.211 e. The second-order valence-electron chi connectivity index (χ2n) is 15.1. The summed E-state index contributed by atoms with van der Waals surface area (Å²) in [7, 11) is -3.31. The van der Waals surface area contributed by atoms with Crippen molar-refractivity contribution < 1.29 is 33.4 Å². The van der Waals surface area contributed by atoms with Crippen molar-refractivity contribution in [3.05, 3.63) is 45.5 Å². The van der Waals surface area contributed by atoms with E-state index < -0.39 is 26.8 Å². The molecule has 11 nitrogen and oxygen atoms in total. The standard InChI is InChI=1S/C33H48N4O7S2/c1-31(2)19-33(27-21(29(40)25(38)15-23(27)31)17-34-7-11-36(12-8-34)45(5)42)20-32(3,4)24-16-26(39)30(41)22(28(24)33)18-35-9-13-37(14-10-35)46(6,43)44/h15-16,38-41H,7-14,17-20H2,1-6H3. The van der Waals surface area contributed by atoms with E-state index in [0.717, 1.165) is 22.3 Å². The average molecular weight is 677 g/mol. The van der Waals surface area contributed by atoms with Crippen LogP contribution in [-0.4, -0.2) is 117 Å². The van der Waals surface area contributed by atoms with Crippen molar-refractivity contribution in [1.29, 1.82) is 0 Å². The van der Waals surface area contributed by atoms with Crippen LogP contribution in [0.15, 0.2) is 12.1 Å². The molecule has 2 heterocycles. The van der Waals surface area contributed by atoms with Crippen LogP contribution in [0.2, 0.25) is 0 Å². The molecule has 2 unspecified atom stereocenters. The molecule has 46 heavy (non-hydrogen) atoms. The quantitative estimate of drug-likeness (QED) is 0.266. The largest absolute Gasteiger partial charge is 0.598 e. The van der Waals surface area contributed by atoms with Crippen molar-refractivity contribution in [3.8, 4) is 23.0 Å². The van der Waals surface area contributed by atoms with E-state index in [-0.39, 0.29) is 33.8 Å². The van der Waals surface area contributed by atoms with E-state index in [0.29, 0.717) is 89.4 Å². The minimum Gasteiger partial charge on any atom is -0.598 e. The van der Waals surface area contributed by atoms with Gasteiger partial charge in [0, 0.05) is 80.3 Å². The highest BCUT2D eigenvalue weighted by atomic mass is 32.2. The molecule has 2 aliphatic carbocycles. The summed E-state index contributed by atoms with van der Waals surface area (Å²) in [6, 6.07) is 3.40. The number of phenols is 4. The van der Waals surface area contributed by atoms with Gasteiger partial charge in [-0.2, -0.15) is 4.31 Å². The van der Waals surface area contributed by atoms with Crippen LogP contribution >= 0.6 is 0 Å². The van der Waals surface area contributed by atoms with Gasteiger partial charge in [-0.05, 0) is 58.1 Å². The number of aromatic hydroxyl groups is 4. The normalized spacial score (nSPS) is 26.0. The minimum absolute atomic E-state index is 0.134.